The number of thiazole rings is 1. The van der Waals surface area contributed by atoms with Crippen LogP contribution in [0.2, 0.25) is 0 Å². The van der Waals surface area contributed by atoms with Crippen molar-refractivity contribution in [1.82, 2.24) is 4.98 Å². The summed E-state index contributed by atoms with van der Waals surface area (Å²) in [5, 5.41) is 0.621. The molecule has 1 heterocycles. The predicted molar refractivity (Wildman–Crippen MR) is 67.5 cm³/mol. The van der Waals surface area contributed by atoms with Crippen LogP contribution in [0.4, 0.5) is 0 Å². The van der Waals surface area contributed by atoms with Gasteiger partial charge in [-0.1, -0.05) is 11.3 Å². The van der Waals surface area contributed by atoms with Crippen LogP contribution in [0, 0.1) is 0 Å². The number of benzene rings is 1. The highest BCUT2D eigenvalue weighted by atomic mass is 79.9. The lowest BCUT2D eigenvalue weighted by molar-refractivity contribution is 0.339. The van der Waals surface area contributed by atoms with Gasteiger partial charge in [0.1, 0.15) is 11.5 Å². The van der Waals surface area contributed by atoms with Gasteiger partial charge in [0.2, 0.25) is 0 Å². The van der Waals surface area contributed by atoms with Crippen LogP contribution in [-0.2, 0) is 0 Å². The zero-order chi connectivity index (χ0) is 11.4. The molecule has 5 heteroatoms. The van der Waals surface area contributed by atoms with Crippen molar-refractivity contribution in [3.8, 4) is 16.7 Å². The zero-order valence-electron chi connectivity index (χ0n) is 8.64. The van der Waals surface area contributed by atoms with Gasteiger partial charge in [-0.05, 0) is 47.1 Å². The van der Waals surface area contributed by atoms with E-state index in [1.807, 2.05) is 31.2 Å². The summed E-state index contributed by atoms with van der Waals surface area (Å²) in [7, 11) is 0. The van der Waals surface area contributed by atoms with E-state index in [9.17, 15) is 0 Å². The van der Waals surface area contributed by atoms with Crippen molar-refractivity contribution in [1.29, 1.82) is 0 Å². The van der Waals surface area contributed by atoms with Gasteiger partial charge in [0.05, 0.1) is 16.6 Å². The molecule has 0 aliphatic heterocycles. The molecule has 0 aliphatic carbocycles. The van der Waals surface area contributed by atoms with Crippen molar-refractivity contribution < 1.29 is 9.47 Å². The lowest BCUT2D eigenvalue weighted by Crippen LogP contribution is -1.90. The Morgan fingerprint density at radius 1 is 1.25 bits per heavy atom. The fourth-order valence-electron chi connectivity index (χ4n) is 1.16. The van der Waals surface area contributed by atoms with Crippen molar-refractivity contribution in [3.05, 3.63) is 34.2 Å². The van der Waals surface area contributed by atoms with E-state index in [1.165, 1.54) is 11.3 Å². The second-order valence-corrected chi connectivity index (χ2v) is 5.31. The third-order valence-electron chi connectivity index (χ3n) is 1.80. The average molecular weight is 300 g/mol. The van der Waals surface area contributed by atoms with Crippen LogP contribution < -0.4 is 9.47 Å². The van der Waals surface area contributed by atoms with Crippen LogP contribution in [-0.4, -0.2) is 11.6 Å². The Bertz CT molecular complexity index is 455. The fraction of sp³-hybridized carbons (Fsp3) is 0.182. The number of halogens is 1. The lowest BCUT2D eigenvalue weighted by atomic mass is 10.3. The minimum Gasteiger partial charge on any atom is -0.494 e. The second kappa shape index (κ2) is 5.32. The Hall–Kier alpha value is -1.07. The molecule has 3 nitrogen and oxygen atoms in total. The van der Waals surface area contributed by atoms with Crippen LogP contribution in [0.15, 0.2) is 34.2 Å². The second-order valence-electron chi connectivity index (χ2n) is 2.94. The zero-order valence-corrected chi connectivity index (χ0v) is 11.0. The van der Waals surface area contributed by atoms with Crippen LogP contribution in [0.1, 0.15) is 6.92 Å². The smallest absolute Gasteiger partial charge is 0.279 e. The van der Waals surface area contributed by atoms with Crippen molar-refractivity contribution in [2.24, 2.45) is 0 Å². The molecule has 0 N–H and O–H groups in total. The first-order valence-corrected chi connectivity index (χ1v) is 6.41. The first-order chi connectivity index (χ1) is 7.78. The van der Waals surface area contributed by atoms with Gasteiger partial charge in [-0.2, -0.15) is 0 Å². The van der Waals surface area contributed by atoms with E-state index in [2.05, 4.69) is 20.9 Å². The standard InChI is InChI=1S/C11H10BrNO2S/c1-2-14-8-3-5-9(6-4-8)15-11-13-7-10(12)16-11/h3-7H,2H2,1H3. The van der Waals surface area contributed by atoms with Gasteiger partial charge in [0, 0.05) is 0 Å². The average Bonchev–Trinajstić information content (AvgIpc) is 2.67. The van der Waals surface area contributed by atoms with Crippen molar-refractivity contribution >= 4 is 27.3 Å². The first-order valence-electron chi connectivity index (χ1n) is 4.80. The predicted octanol–water partition coefficient (Wildman–Crippen LogP) is 4.10. The van der Waals surface area contributed by atoms with E-state index in [1.54, 1.807) is 6.20 Å². The van der Waals surface area contributed by atoms with E-state index in [0.29, 0.717) is 11.8 Å². The Balaban J connectivity index is 2.05. The minimum atomic E-state index is 0.621. The molecule has 0 aliphatic rings. The summed E-state index contributed by atoms with van der Waals surface area (Å²) >= 11 is 4.78. The monoisotopic (exact) mass is 299 g/mol. The maximum atomic E-state index is 5.55. The Labute approximate surface area is 106 Å². The highest BCUT2D eigenvalue weighted by Gasteiger charge is 2.02. The van der Waals surface area contributed by atoms with Crippen LogP contribution in [0.3, 0.4) is 0 Å². The van der Waals surface area contributed by atoms with Crippen molar-refractivity contribution in [3.63, 3.8) is 0 Å². The normalized spacial score (nSPS) is 10.1. The highest BCUT2D eigenvalue weighted by molar-refractivity contribution is 9.11. The molecule has 2 aromatic rings. The molecule has 2 rings (SSSR count). The third-order valence-corrected chi connectivity index (χ3v) is 3.15. The molecule has 1 aromatic heterocycles. The molecule has 0 saturated heterocycles. The molecule has 0 fully saturated rings. The number of hydrogen-bond donors (Lipinski definition) is 0. The van der Waals surface area contributed by atoms with Gasteiger partial charge in [-0.15, -0.1) is 0 Å². The van der Waals surface area contributed by atoms with Gasteiger partial charge in [-0.25, -0.2) is 4.98 Å². The number of aromatic nitrogens is 1. The molecule has 0 radical (unpaired) electrons. The summed E-state index contributed by atoms with van der Waals surface area (Å²) in [4.78, 5) is 4.09. The highest BCUT2D eigenvalue weighted by Crippen LogP contribution is 2.30. The molecule has 0 spiro atoms. The van der Waals surface area contributed by atoms with Crippen LogP contribution in [0.5, 0.6) is 16.7 Å². The van der Waals surface area contributed by atoms with Gasteiger partial charge in [0.15, 0.2) is 0 Å². The van der Waals surface area contributed by atoms with Crippen LogP contribution >= 0.6 is 27.3 Å². The van der Waals surface area contributed by atoms with E-state index in [4.69, 9.17) is 9.47 Å². The summed E-state index contributed by atoms with van der Waals surface area (Å²) in [6.45, 7) is 2.62. The number of ether oxygens (including phenoxy) is 2. The number of nitrogens with zero attached hydrogens (tertiary/aromatic N) is 1. The minimum absolute atomic E-state index is 0.621. The lowest BCUT2D eigenvalue weighted by Gasteiger charge is -2.04. The molecular formula is C11H10BrNO2S. The van der Waals surface area contributed by atoms with Gasteiger partial charge in [0.25, 0.3) is 5.19 Å². The van der Waals surface area contributed by atoms with Gasteiger partial charge < -0.3 is 9.47 Å². The number of rotatable bonds is 4. The van der Waals surface area contributed by atoms with Gasteiger partial charge >= 0.3 is 0 Å². The van der Waals surface area contributed by atoms with E-state index in [-0.39, 0.29) is 0 Å². The van der Waals surface area contributed by atoms with E-state index in [0.717, 1.165) is 15.3 Å². The third kappa shape index (κ3) is 2.96. The van der Waals surface area contributed by atoms with Gasteiger partial charge in [-0.3, -0.25) is 0 Å². The molecule has 84 valence electrons. The Morgan fingerprint density at radius 3 is 2.50 bits per heavy atom. The number of hydrogen-bond acceptors (Lipinski definition) is 4. The summed E-state index contributed by atoms with van der Waals surface area (Å²) in [5.74, 6) is 1.60. The SMILES string of the molecule is CCOc1ccc(Oc2ncc(Br)s2)cc1. The quantitative estimate of drug-likeness (QED) is 0.852. The van der Waals surface area contributed by atoms with Crippen LogP contribution in [0.25, 0.3) is 0 Å². The van der Waals surface area contributed by atoms with E-state index >= 15 is 0 Å². The Kier molecular flexibility index (Phi) is 3.79. The molecule has 16 heavy (non-hydrogen) atoms. The first kappa shape index (κ1) is 11.4. The molecular weight excluding hydrogens is 290 g/mol. The maximum absolute atomic E-state index is 5.55. The molecule has 0 unspecified atom stereocenters. The largest absolute Gasteiger partial charge is 0.494 e. The molecule has 0 saturated carbocycles. The topological polar surface area (TPSA) is 31.4 Å². The molecule has 0 bridgehead atoms. The van der Waals surface area contributed by atoms with Crippen molar-refractivity contribution in [2.75, 3.05) is 6.61 Å². The Morgan fingerprint density at radius 2 is 1.94 bits per heavy atom. The summed E-state index contributed by atoms with van der Waals surface area (Å²) in [6, 6.07) is 7.48. The summed E-state index contributed by atoms with van der Waals surface area (Å²) < 4.78 is 11.8. The maximum Gasteiger partial charge on any atom is 0.279 e. The fourth-order valence-corrected chi connectivity index (χ4v) is 2.19. The summed E-state index contributed by atoms with van der Waals surface area (Å²) in [5.41, 5.74) is 0. The van der Waals surface area contributed by atoms with E-state index < -0.39 is 0 Å². The molecule has 0 atom stereocenters. The van der Waals surface area contributed by atoms with Crippen molar-refractivity contribution in [2.45, 2.75) is 6.92 Å². The summed E-state index contributed by atoms with van der Waals surface area (Å²) in [6.07, 6.45) is 1.72. The molecule has 1 aromatic carbocycles. The molecule has 0 amide bonds.